The monoisotopic (exact) mass is 409 g/mol. The van der Waals surface area contributed by atoms with Gasteiger partial charge >= 0.3 is 0 Å². The standard InChI is InChI=1S/C21H16FN3O3S/c1-12-16(13(2)25(24-12)15-7-5-14(22)6-8-15)10-19-21(27)23-20(29-19)11-17(26)18-4-3-9-28-18/h3-11H,1-2H3,(H,23,27)/b19-10-,20-11-. The van der Waals surface area contributed by atoms with Gasteiger partial charge in [0.25, 0.3) is 5.56 Å². The summed E-state index contributed by atoms with van der Waals surface area (Å²) in [6.45, 7) is 3.72. The summed E-state index contributed by atoms with van der Waals surface area (Å²) in [5.74, 6) is -0.437. The van der Waals surface area contributed by atoms with Gasteiger partial charge in [0.05, 0.1) is 26.8 Å². The Morgan fingerprint density at radius 2 is 2.00 bits per heavy atom. The highest BCUT2D eigenvalue weighted by molar-refractivity contribution is 7.07. The third kappa shape index (κ3) is 3.74. The molecule has 0 radical (unpaired) electrons. The Morgan fingerprint density at radius 1 is 1.24 bits per heavy atom. The highest BCUT2D eigenvalue weighted by Gasteiger charge is 2.12. The lowest BCUT2D eigenvalue weighted by Gasteiger charge is -2.04. The van der Waals surface area contributed by atoms with Gasteiger partial charge in [-0.15, -0.1) is 11.3 Å². The predicted octanol–water partition coefficient (Wildman–Crippen LogP) is 2.46. The van der Waals surface area contributed by atoms with E-state index in [9.17, 15) is 14.0 Å². The van der Waals surface area contributed by atoms with Crippen LogP contribution in [0.25, 0.3) is 17.8 Å². The van der Waals surface area contributed by atoms with Crippen LogP contribution in [0.4, 0.5) is 4.39 Å². The lowest BCUT2D eigenvalue weighted by Crippen LogP contribution is -2.20. The minimum absolute atomic E-state index is 0.206. The number of halogens is 1. The summed E-state index contributed by atoms with van der Waals surface area (Å²) in [5, 5.41) is 4.51. The van der Waals surface area contributed by atoms with E-state index in [4.69, 9.17) is 4.42 Å². The summed E-state index contributed by atoms with van der Waals surface area (Å²) < 4.78 is 20.9. The first-order valence-corrected chi connectivity index (χ1v) is 9.56. The van der Waals surface area contributed by atoms with Gasteiger partial charge in [0.2, 0.25) is 5.78 Å². The number of aromatic nitrogens is 3. The maximum absolute atomic E-state index is 13.2. The van der Waals surface area contributed by atoms with Crippen molar-refractivity contribution >= 4 is 29.3 Å². The van der Waals surface area contributed by atoms with Gasteiger partial charge in [0, 0.05) is 17.3 Å². The van der Waals surface area contributed by atoms with E-state index in [0.29, 0.717) is 9.20 Å². The van der Waals surface area contributed by atoms with Crippen molar-refractivity contribution in [2.24, 2.45) is 0 Å². The molecule has 0 amide bonds. The van der Waals surface area contributed by atoms with E-state index in [1.54, 1.807) is 35.0 Å². The van der Waals surface area contributed by atoms with Gasteiger partial charge < -0.3 is 9.40 Å². The molecule has 0 aliphatic rings. The lowest BCUT2D eigenvalue weighted by atomic mass is 10.2. The van der Waals surface area contributed by atoms with E-state index < -0.39 is 0 Å². The third-order valence-corrected chi connectivity index (χ3v) is 5.36. The molecule has 0 aliphatic carbocycles. The molecule has 4 rings (SSSR count). The largest absolute Gasteiger partial charge is 0.461 e. The second-order valence-corrected chi connectivity index (χ2v) is 7.47. The Labute approximate surface area is 168 Å². The molecule has 3 heterocycles. The molecule has 4 aromatic rings. The molecule has 0 unspecified atom stereocenters. The van der Waals surface area contributed by atoms with Crippen molar-refractivity contribution in [3.63, 3.8) is 0 Å². The van der Waals surface area contributed by atoms with Crippen LogP contribution >= 0.6 is 11.3 Å². The van der Waals surface area contributed by atoms with E-state index in [1.807, 2.05) is 13.8 Å². The van der Waals surface area contributed by atoms with Gasteiger partial charge in [0.15, 0.2) is 5.76 Å². The zero-order chi connectivity index (χ0) is 20.5. The van der Waals surface area contributed by atoms with Crippen LogP contribution in [0.15, 0.2) is 51.9 Å². The molecule has 0 atom stereocenters. The number of thiazole rings is 1. The number of aromatic amines is 1. The summed E-state index contributed by atoms with van der Waals surface area (Å²) >= 11 is 1.18. The van der Waals surface area contributed by atoms with Crippen molar-refractivity contribution < 1.29 is 13.6 Å². The first-order valence-electron chi connectivity index (χ1n) is 8.75. The van der Waals surface area contributed by atoms with Crippen LogP contribution in [-0.2, 0) is 0 Å². The number of carbonyl (C=O) groups excluding carboxylic acids is 1. The fourth-order valence-electron chi connectivity index (χ4n) is 2.96. The normalized spacial score (nSPS) is 12.7. The summed E-state index contributed by atoms with van der Waals surface area (Å²) in [5.41, 5.74) is 2.79. The van der Waals surface area contributed by atoms with E-state index >= 15 is 0 Å². The number of carbonyl (C=O) groups is 1. The summed E-state index contributed by atoms with van der Waals surface area (Å²) in [4.78, 5) is 27.2. The Bertz CT molecular complexity index is 1360. The average Bonchev–Trinajstić information content (AvgIpc) is 3.40. The number of furan rings is 1. The Hall–Kier alpha value is -3.52. The number of rotatable bonds is 4. The number of ketones is 1. The number of nitrogens with zero attached hydrogens (tertiary/aromatic N) is 2. The molecule has 1 N–H and O–H groups in total. The van der Waals surface area contributed by atoms with Crippen LogP contribution in [-0.4, -0.2) is 20.5 Å². The van der Waals surface area contributed by atoms with Gasteiger partial charge in [-0.2, -0.15) is 5.10 Å². The van der Waals surface area contributed by atoms with E-state index in [0.717, 1.165) is 22.6 Å². The molecular weight excluding hydrogens is 393 g/mol. The Balaban J connectivity index is 1.76. The molecule has 6 nitrogen and oxygen atoms in total. The van der Waals surface area contributed by atoms with Crippen LogP contribution in [0.1, 0.15) is 27.5 Å². The highest BCUT2D eigenvalue weighted by Crippen LogP contribution is 2.18. The first kappa shape index (κ1) is 18.8. The molecule has 0 spiro atoms. The molecular formula is C21H16FN3O3S. The van der Waals surface area contributed by atoms with Gasteiger partial charge in [-0.05, 0) is 56.3 Å². The van der Waals surface area contributed by atoms with Gasteiger partial charge in [-0.25, -0.2) is 9.07 Å². The Morgan fingerprint density at radius 3 is 2.69 bits per heavy atom. The summed E-state index contributed by atoms with van der Waals surface area (Å²) in [6.07, 6.45) is 4.50. The van der Waals surface area contributed by atoms with Gasteiger partial charge in [-0.3, -0.25) is 9.59 Å². The highest BCUT2D eigenvalue weighted by atomic mass is 32.1. The fourth-order valence-corrected chi connectivity index (χ4v) is 3.83. The number of H-pyrrole nitrogens is 1. The molecule has 0 aliphatic heterocycles. The number of hydrogen-bond donors (Lipinski definition) is 1. The number of Topliss-reactive ketones (excluding diaryl/α,β-unsaturated/α-hetero) is 1. The second kappa shape index (κ2) is 7.48. The van der Waals surface area contributed by atoms with Crippen LogP contribution < -0.4 is 14.8 Å². The SMILES string of the molecule is Cc1nn(-c2ccc(F)cc2)c(C)c1/C=c1\s/c(=C\C(=O)c2ccco2)[nH]c1=O. The second-order valence-electron chi connectivity index (χ2n) is 6.39. The topological polar surface area (TPSA) is 80.9 Å². The third-order valence-electron chi connectivity index (χ3n) is 4.40. The summed E-state index contributed by atoms with van der Waals surface area (Å²) in [6, 6.07) is 9.22. The molecule has 3 aromatic heterocycles. The van der Waals surface area contributed by atoms with Crippen LogP contribution in [0.3, 0.4) is 0 Å². The maximum atomic E-state index is 13.2. The van der Waals surface area contributed by atoms with Crippen molar-refractivity contribution in [1.29, 1.82) is 0 Å². The zero-order valence-electron chi connectivity index (χ0n) is 15.6. The first-order chi connectivity index (χ1) is 13.9. The minimum atomic E-state index is -0.324. The van der Waals surface area contributed by atoms with E-state index in [-0.39, 0.29) is 22.9 Å². The van der Waals surface area contributed by atoms with Gasteiger partial charge in [-0.1, -0.05) is 0 Å². The van der Waals surface area contributed by atoms with Crippen molar-refractivity contribution in [2.75, 3.05) is 0 Å². The van der Waals surface area contributed by atoms with Crippen molar-refractivity contribution in [3.05, 3.63) is 90.7 Å². The van der Waals surface area contributed by atoms with Gasteiger partial charge in [0.1, 0.15) is 5.82 Å². The number of benzene rings is 1. The summed E-state index contributed by atoms with van der Waals surface area (Å²) in [7, 11) is 0. The van der Waals surface area contributed by atoms with Crippen molar-refractivity contribution in [2.45, 2.75) is 13.8 Å². The molecule has 146 valence electrons. The molecule has 0 fully saturated rings. The molecule has 0 saturated heterocycles. The van der Waals surface area contributed by atoms with Crippen molar-refractivity contribution in [3.8, 4) is 5.69 Å². The van der Waals surface area contributed by atoms with Crippen LogP contribution in [0.5, 0.6) is 0 Å². The molecule has 0 bridgehead atoms. The van der Waals surface area contributed by atoms with Crippen LogP contribution in [0, 0.1) is 19.7 Å². The van der Waals surface area contributed by atoms with E-state index in [1.165, 1.54) is 35.8 Å². The fraction of sp³-hybridized carbons (Fsp3) is 0.0952. The zero-order valence-corrected chi connectivity index (χ0v) is 16.4. The molecule has 8 heteroatoms. The quantitative estimate of drug-likeness (QED) is 0.525. The Kier molecular flexibility index (Phi) is 4.85. The van der Waals surface area contributed by atoms with Crippen LogP contribution in [0.2, 0.25) is 0 Å². The molecule has 0 saturated carbocycles. The number of hydrogen-bond acceptors (Lipinski definition) is 5. The predicted molar refractivity (Wildman–Crippen MR) is 108 cm³/mol. The minimum Gasteiger partial charge on any atom is -0.461 e. The van der Waals surface area contributed by atoms with E-state index in [2.05, 4.69) is 10.1 Å². The van der Waals surface area contributed by atoms with Crippen molar-refractivity contribution in [1.82, 2.24) is 14.8 Å². The number of aryl methyl sites for hydroxylation is 1. The lowest BCUT2D eigenvalue weighted by molar-refractivity contribution is 0.103. The smallest absolute Gasteiger partial charge is 0.266 e. The molecule has 29 heavy (non-hydrogen) atoms. The average molecular weight is 409 g/mol. The molecule has 1 aromatic carbocycles. The number of nitrogens with one attached hydrogen (secondary N) is 1. The maximum Gasteiger partial charge on any atom is 0.266 e.